The lowest BCUT2D eigenvalue weighted by Gasteiger charge is -2.18. The Labute approximate surface area is 148 Å². The van der Waals surface area contributed by atoms with Gasteiger partial charge in [-0.05, 0) is 26.0 Å². The number of hydrogen-bond donors (Lipinski definition) is 0. The van der Waals surface area contributed by atoms with Crippen LogP contribution in [0.5, 0.6) is 5.75 Å². The van der Waals surface area contributed by atoms with Crippen molar-refractivity contribution in [2.24, 2.45) is 5.41 Å². The van der Waals surface area contributed by atoms with Crippen molar-refractivity contribution in [2.75, 3.05) is 20.2 Å². The number of hydrogen-bond acceptors (Lipinski definition) is 4. The first-order valence-electron chi connectivity index (χ1n) is 8.60. The second kappa shape index (κ2) is 7.25. The molecule has 1 amide bonds. The van der Waals surface area contributed by atoms with Crippen molar-refractivity contribution in [1.29, 1.82) is 0 Å². The molecular weight excluding hydrogens is 318 g/mol. The number of aromatic nitrogens is 2. The van der Waals surface area contributed by atoms with Gasteiger partial charge in [0.1, 0.15) is 18.0 Å². The van der Waals surface area contributed by atoms with E-state index >= 15 is 0 Å². The van der Waals surface area contributed by atoms with Crippen molar-refractivity contribution in [3.63, 3.8) is 0 Å². The minimum atomic E-state index is -0.547. The number of carbonyl (C=O) groups is 2. The number of Topliss-reactive ketones (excluding diaryl/α,β-unsaturated/α-hetero) is 1. The van der Waals surface area contributed by atoms with Gasteiger partial charge in [0.2, 0.25) is 5.91 Å². The molecule has 2 rings (SSSR count). The average molecular weight is 345 g/mol. The molecule has 25 heavy (non-hydrogen) atoms. The summed E-state index contributed by atoms with van der Waals surface area (Å²) in [5.74, 6) is 0.599. The predicted molar refractivity (Wildman–Crippen MR) is 98.0 cm³/mol. The van der Waals surface area contributed by atoms with Gasteiger partial charge in [0, 0.05) is 30.0 Å². The lowest BCUT2D eigenvalue weighted by molar-refractivity contribution is -0.131. The molecule has 1 aromatic carbocycles. The molecule has 2 aromatic rings. The molecular formula is C19H27N3O3. The largest absolute Gasteiger partial charge is 0.497 e. The van der Waals surface area contributed by atoms with Crippen LogP contribution < -0.4 is 4.74 Å². The SMILES string of the molecule is CCN(CC)C(=O)Cn1nc(C(=O)C(C)(C)C)c2ccc(OC)cc21. The zero-order valence-corrected chi connectivity index (χ0v) is 15.9. The van der Waals surface area contributed by atoms with Gasteiger partial charge in [-0.15, -0.1) is 0 Å². The Bertz CT molecular complexity index is 783. The maximum absolute atomic E-state index is 12.8. The average Bonchev–Trinajstić information content (AvgIpc) is 2.92. The van der Waals surface area contributed by atoms with Crippen molar-refractivity contribution in [1.82, 2.24) is 14.7 Å². The minimum absolute atomic E-state index is 0.0213. The monoisotopic (exact) mass is 345 g/mol. The molecule has 0 spiro atoms. The Morgan fingerprint density at radius 2 is 1.84 bits per heavy atom. The number of ketones is 1. The van der Waals surface area contributed by atoms with Crippen LogP contribution in [0.25, 0.3) is 10.9 Å². The van der Waals surface area contributed by atoms with E-state index in [1.807, 2.05) is 46.8 Å². The molecule has 0 radical (unpaired) electrons. The lowest BCUT2D eigenvalue weighted by atomic mass is 9.88. The van der Waals surface area contributed by atoms with Gasteiger partial charge in [0.05, 0.1) is 12.6 Å². The molecule has 0 aliphatic rings. The first-order chi connectivity index (χ1) is 11.7. The number of fused-ring (bicyclic) bond motifs is 1. The summed E-state index contributed by atoms with van der Waals surface area (Å²) in [6.45, 7) is 10.9. The third-order valence-electron chi connectivity index (χ3n) is 4.26. The normalized spacial score (nSPS) is 11.6. The first kappa shape index (κ1) is 19.0. The number of benzene rings is 1. The van der Waals surface area contributed by atoms with Crippen molar-refractivity contribution >= 4 is 22.6 Å². The number of likely N-dealkylation sites (N-methyl/N-ethyl adjacent to an activating group) is 1. The number of methoxy groups -OCH3 is 1. The number of nitrogens with zero attached hydrogens (tertiary/aromatic N) is 3. The zero-order valence-electron chi connectivity index (χ0n) is 15.9. The fourth-order valence-corrected chi connectivity index (χ4v) is 2.73. The third kappa shape index (κ3) is 3.83. The van der Waals surface area contributed by atoms with Gasteiger partial charge in [-0.25, -0.2) is 0 Å². The van der Waals surface area contributed by atoms with E-state index in [1.165, 1.54) is 0 Å². The van der Waals surface area contributed by atoms with E-state index in [0.29, 0.717) is 24.5 Å². The Hall–Kier alpha value is -2.37. The van der Waals surface area contributed by atoms with Crippen molar-refractivity contribution in [3.8, 4) is 5.75 Å². The van der Waals surface area contributed by atoms with Crippen molar-refractivity contribution in [2.45, 2.75) is 41.2 Å². The maximum Gasteiger partial charge on any atom is 0.244 e. The standard InChI is InChI=1S/C19H27N3O3/c1-7-21(8-2)16(23)12-22-15-11-13(25-6)9-10-14(15)17(20-22)18(24)19(3,4)5/h9-11H,7-8,12H2,1-6H3. The van der Waals surface area contributed by atoms with Gasteiger partial charge in [-0.2, -0.15) is 5.10 Å². The van der Waals surface area contributed by atoms with Crippen LogP contribution in [0.15, 0.2) is 18.2 Å². The molecule has 0 fully saturated rings. The molecule has 0 saturated carbocycles. The third-order valence-corrected chi connectivity index (χ3v) is 4.26. The van der Waals surface area contributed by atoms with Crippen LogP contribution in [0, 0.1) is 5.41 Å². The summed E-state index contributed by atoms with van der Waals surface area (Å²) in [4.78, 5) is 27.0. The minimum Gasteiger partial charge on any atom is -0.497 e. The highest BCUT2D eigenvalue weighted by molar-refractivity contribution is 6.08. The van der Waals surface area contributed by atoms with Crippen LogP contribution in [-0.4, -0.2) is 46.6 Å². The van der Waals surface area contributed by atoms with E-state index in [2.05, 4.69) is 5.10 Å². The van der Waals surface area contributed by atoms with Crippen molar-refractivity contribution < 1.29 is 14.3 Å². The highest BCUT2D eigenvalue weighted by Crippen LogP contribution is 2.28. The van der Waals surface area contributed by atoms with E-state index in [0.717, 1.165) is 10.9 Å². The van der Waals surface area contributed by atoms with E-state index in [1.54, 1.807) is 22.8 Å². The molecule has 0 bridgehead atoms. The Morgan fingerprint density at radius 1 is 1.20 bits per heavy atom. The molecule has 0 N–H and O–H groups in total. The highest BCUT2D eigenvalue weighted by Gasteiger charge is 2.28. The van der Waals surface area contributed by atoms with E-state index in [9.17, 15) is 9.59 Å². The van der Waals surface area contributed by atoms with E-state index in [-0.39, 0.29) is 18.2 Å². The number of ether oxygens (including phenoxy) is 1. The molecule has 6 nitrogen and oxygen atoms in total. The number of rotatable bonds is 6. The highest BCUT2D eigenvalue weighted by atomic mass is 16.5. The Balaban J connectivity index is 2.55. The van der Waals surface area contributed by atoms with Gasteiger partial charge >= 0.3 is 0 Å². The summed E-state index contributed by atoms with van der Waals surface area (Å²) in [6, 6.07) is 5.45. The summed E-state index contributed by atoms with van der Waals surface area (Å²) < 4.78 is 6.90. The second-order valence-corrected chi connectivity index (χ2v) is 7.03. The summed E-state index contributed by atoms with van der Waals surface area (Å²) in [5, 5.41) is 5.23. The lowest BCUT2D eigenvalue weighted by Crippen LogP contribution is -2.33. The van der Waals surface area contributed by atoms with Gasteiger partial charge in [-0.1, -0.05) is 20.8 Å². The van der Waals surface area contributed by atoms with Gasteiger partial charge in [-0.3, -0.25) is 14.3 Å². The van der Waals surface area contributed by atoms with Crippen LogP contribution in [0.1, 0.15) is 45.1 Å². The molecule has 1 heterocycles. The maximum atomic E-state index is 12.8. The Kier molecular flexibility index (Phi) is 5.50. The molecule has 0 unspecified atom stereocenters. The zero-order chi connectivity index (χ0) is 18.8. The summed E-state index contributed by atoms with van der Waals surface area (Å²) in [5.41, 5.74) is 0.583. The van der Waals surface area contributed by atoms with E-state index in [4.69, 9.17) is 4.74 Å². The van der Waals surface area contributed by atoms with Crippen LogP contribution >= 0.6 is 0 Å². The Morgan fingerprint density at radius 3 is 2.36 bits per heavy atom. The van der Waals surface area contributed by atoms with E-state index < -0.39 is 5.41 Å². The summed E-state index contributed by atoms with van der Waals surface area (Å²) in [6.07, 6.45) is 0. The molecule has 136 valence electrons. The molecule has 0 saturated heterocycles. The fourth-order valence-electron chi connectivity index (χ4n) is 2.73. The predicted octanol–water partition coefficient (Wildman–Crippen LogP) is 3.14. The van der Waals surface area contributed by atoms with Crippen LogP contribution in [0.4, 0.5) is 0 Å². The van der Waals surface area contributed by atoms with Crippen molar-refractivity contribution in [3.05, 3.63) is 23.9 Å². The molecule has 0 aliphatic heterocycles. The summed E-state index contributed by atoms with van der Waals surface area (Å²) in [7, 11) is 1.59. The van der Waals surface area contributed by atoms with Crippen LogP contribution in [0.2, 0.25) is 0 Å². The quantitative estimate of drug-likeness (QED) is 0.755. The second-order valence-electron chi connectivity index (χ2n) is 7.03. The smallest absolute Gasteiger partial charge is 0.244 e. The van der Waals surface area contributed by atoms with Gasteiger partial charge < -0.3 is 9.64 Å². The van der Waals surface area contributed by atoms with Gasteiger partial charge in [0.15, 0.2) is 5.78 Å². The van der Waals surface area contributed by atoms with Gasteiger partial charge in [0.25, 0.3) is 0 Å². The first-order valence-corrected chi connectivity index (χ1v) is 8.60. The number of carbonyl (C=O) groups excluding carboxylic acids is 2. The molecule has 1 aromatic heterocycles. The fraction of sp³-hybridized carbons (Fsp3) is 0.526. The molecule has 0 atom stereocenters. The topological polar surface area (TPSA) is 64.4 Å². The summed E-state index contributed by atoms with van der Waals surface area (Å²) >= 11 is 0. The molecule has 6 heteroatoms. The molecule has 0 aliphatic carbocycles. The van der Waals surface area contributed by atoms with Crippen LogP contribution in [0.3, 0.4) is 0 Å². The number of amides is 1. The van der Waals surface area contributed by atoms with Crippen LogP contribution in [-0.2, 0) is 11.3 Å².